The Labute approximate surface area is 235 Å². The summed E-state index contributed by atoms with van der Waals surface area (Å²) in [6.45, 7) is 4.65. The molecule has 208 valence electrons. The Kier molecular flexibility index (Phi) is 8.40. The summed E-state index contributed by atoms with van der Waals surface area (Å²) in [7, 11) is 3.36. The molecule has 5 rings (SSSR count). The molecular weight excluding hydrogens is 505 g/mol. The van der Waals surface area contributed by atoms with E-state index in [1.807, 2.05) is 35.2 Å². The number of nitrogens with zero attached hydrogens (tertiary/aromatic N) is 3. The number of methoxy groups -OCH3 is 1. The maximum absolute atomic E-state index is 15.0. The van der Waals surface area contributed by atoms with E-state index >= 15 is 0 Å². The number of rotatable bonds is 8. The number of amides is 1. The number of ketones is 1. The quantitative estimate of drug-likeness (QED) is 0.282. The van der Waals surface area contributed by atoms with E-state index in [0.29, 0.717) is 37.0 Å². The number of benzene rings is 3. The zero-order valence-electron chi connectivity index (χ0n) is 23.4. The first kappa shape index (κ1) is 27.7. The first-order valence-corrected chi connectivity index (χ1v) is 13.9. The minimum absolute atomic E-state index is 0.0374. The van der Waals surface area contributed by atoms with E-state index < -0.39 is 5.82 Å². The fraction of sp³-hybridized carbons (Fsp3) is 0.364. The maximum Gasteiger partial charge on any atom is 0.256 e. The Balaban J connectivity index is 1.26. The van der Waals surface area contributed by atoms with Crippen LogP contribution in [0.1, 0.15) is 57.2 Å². The van der Waals surface area contributed by atoms with E-state index in [-0.39, 0.29) is 17.3 Å². The van der Waals surface area contributed by atoms with Crippen LogP contribution in [0.4, 0.5) is 4.39 Å². The summed E-state index contributed by atoms with van der Waals surface area (Å²) < 4.78 is 20.2. The number of Topliss-reactive ketones (excluding diaryl/α,β-unsaturated/α-hetero) is 1. The molecule has 0 bridgehead atoms. The van der Waals surface area contributed by atoms with Gasteiger partial charge in [-0.15, -0.1) is 0 Å². The molecule has 2 heterocycles. The fourth-order valence-corrected chi connectivity index (χ4v) is 6.17. The van der Waals surface area contributed by atoms with Crippen LogP contribution < -0.4 is 4.74 Å². The number of ether oxygens (including phenoxy) is 1. The first-order valence-electron chi connectivity index (χ1n) is 13.9. The van der Waals surface area contributed by atoms with Crippen molar-refractivity contribution in [3.05, 3.63) is 100 Å². The van der Waals surface area contributed by atoms with Crippen LogP contribution in [-0.4, -0.2) is 67.0 Å². The third kappa shape index (κ3) is 5.85. The molecular formula is C33H36FN3O3. The smallest absolute Gasteiger partial charge is 0.256 e. The summed E-state index contributed by atoms with van der Waals surface area (Å²) in [5.74, 6) is 0.423. The Bertz CT molecular complexity index is 1420. The lowest BCUT2D eigenvalue weighted by Gasteiger charge is -2.38. The van der Waals surface area contributed by atoms with Crippen molar-refractivity contribution in [2.24, 2.45) is 10.9 Å². The van der Waals surface area contributed by atoms with Crippen molar-refractivity contribution in [3.63, 3.8) is 0 Å². The molecule has 2 aliphatic rings. The zero-order chi connectivity index (χ0) is 28.2. The summed E-state index contributed by atoms with van der Waals surface area (Å²) in [5.41, 5.74) is 4.21. The molecule has 2 atom stereocenters. The van der Waals surface area contributed by atoms with Crippen molar-refractivity contribution in [2.75, 3.05) is 33.8 Å². The summed E-state index contributed by atoms with van der Waals surface area (Å²) in [5, 5.41) is 0. The standard InChI is InChI=1S/C33H36FN3O3/c1-22(38)27-6-4-5-7-28(27)31(35-2)19-24-10-13-30(34)29(18-24)33(39)37-17-15-32-25(21-37)14-16-36(32)20-23-8-11-26(40-3)12-9-23/h4-13,18,25,32H,14-17,19-21H2,1-3H3. The third-order valence-corrected chi connectivity index (χ3v) is 8.30. The predicted octanol–water partition coefficient (Wildman–Crippen LogP) is 5.44. The van der Waals surface area contributed by atoms with Crippen molar-refractivity contribution in [1.82, 2.24) is 9.80 Å². The fourth-order valence-electron chi connectivity index (χ4n) is 6.17. The van der Waals surface area contributed by atoms with Gasteiger partial charge in [0.1, 0.15) is 11.6 Å². The second-order valence-corrected chi connectivity index (χ2v) is 10.7. The van der Waals surface area contributed by atoms with Gasteiger partial charge in [0.25, 0.3) is 5.91 Å². The molecule has 7 heteroatoms. The van der Waals surface area contributed by atoms with Crippen molar-refractivity contribution < 1.29 is 18.7 Å². The highest BCUT2D eigenvalue weighted by molar-refractivity contribution is 6.11. The van der Waals surface area contributed by atoms with Gasteiger partial charge >= 0.3 is 0 Å². The van der Waals surface area contributed by atoms with Crippen LogP contribution in [0.25, 0.3) is 0 Å². The molecule has 2 unspecified atom stereocenters. The molecule has 2 saturated heterocycles. The second kappa shape index (κ2) is 12.1. The van der Waals surface area contributed by atoms with Crippen LogP contribution in [-0.2, 0) is 13.0 Å². The molecule has 0 radical (unpaired) electrons. The van der Waals surface area contributed by atoms with Crippen molar-refractivity contribution in [2.45, 2.75) is 38.8 Å². The van der Waals surface area contributed by atoms with Gasteiger partial charge in [-0.1, -0.05) is 42.5 Å². The third-order valence-electron chi connectivity index (χ3n) is 8.30. The van der Waals surface area contributed by atoms with E-state index in [2.05, 4.69) is 22.0 Å². The monoisotopic (exact) mass is 541 g/mol. The largest absolute Gasteiger partial charge is 0.497 e. The number of likely N-dealkylation sites (tertiary alicyclic amines) is 2. The molecule has 40 heavy (non-hydrogen) atoms. The number of carbonyl (C=O) groups excluding carboxylic acids is 2. The van der Waals surface area contributed by atoms with Gasteiger partial charge < -0.3 is 9.64 Å². The van der Waals surface area contributed by atoms with Crippen LogP contribution in [0.15, 0.2) is 71.7 Å². The molecule has 3 aromatic rings. The van der Waals surface area contributed by atoms with Crippen LogP contribution in [0, 0.1) is 11.7 Å². The number of piperidine rings is 1. The van der Waals surface area contributed by atoms with Gasteiger partial charge in [0.2, 0.25) is 0 Å². The highest BCUT2D eigenvalue weighted by atomic mass is 19.1. The van der Waals surface area contributed by atoms with Gasteiger partial charge in [-0.05, 0) is 67.6 Å². The van der Waals surface area contributed by atoms with E-state index in [1.165, 1.54) is 18.6 Å². The van der Waals surface area contributed by atoms with Crippen LogP contribution in [0.5, 0.6) is 5.75 Å². The van der Waals surface area contributed by atoms with Crippen LogP contribution in [0.2, 0.25) is 0 Å². The summed E-state index contributed by atoms with van der Waals surface area (Å²) in [6.07, 6.45) is 2.30. The summed E-state index contributed by atoms with van der Waals surface area (Å²) >= 11 is 0. The van der Waals surface area contributed by atoms with Gasteiger partial charge in [-0.25, -0.2) is 4.39 Å². The van der Waals surface area contributed by atoms with Gasteiger partial charge in [0, 0.05) is 56.0 Å². The summed E-state index contributed by atoms with van der Waals surface area (Å²) in [4.78, 5) is 34.5. The van der Waals surface area contributed by atoms with Crippen LogP contribution >= 0.6 is 0 Å². The molecule has 0 aliphatic carbocycles. The first-order chi connectivity index (χ1) is 19.4. The van der Waals surface area contributed by atoms with Crippen molar-refractivity contribution in [1.29, 1.82) is 0 Å². The number of halogens is 1. The highest BCUT2D eigenvalue weighted by Crippen LogP contribution is 2.33. The average Bonchev–Trinajstić information content (AvgIpc) is 3.38. The average molecular weight is 542 g/mol. The molecule has 0 saturated carbocycles. The Morgan fingerprint density at radius 3 is 2.38 bits per heavy atom. The van der Waals surface area contributed by atoms with E-state index in [1.54, 1.807) is 32.4 Å². The van der Waals surface area contributed by atoms with E-state index in [4.69, 9.17) is 4.74 Å². The Morgan fingerprint density at radius 2 is 1.68 bits per heavy atom. The van der Waals surface area contributed by atoms with Crippen molar-refractivity contribution >= 4 is 17.4 Å². The normalized spacial score (nSPS) is 19.4. The van der Waals surface area contributed by atoms with Crippen molar-refractivity contribution in [3.8, 4) is 5.75 Å². The predicted molar refractivity (Wildman–Crippen MR) is 155 cm³/mol. The van der Waals surface area contributed by atoms with Gasteiger partial charge in [0.15, 0.2) is 5.78 Å². The number of aliphatic imine (C=N–C) groups is 1. The minimum Gasteiger partial charge on any atom is -0.497 e. The molecule has 3 aromatic carbocycles. The minimum atomic E-state index is -0.512. The van der Waals surface area contributed by atoms with E-state index in [0.717, 1.165) is 48.5 Å². The lowest BCUT2D eigenvalue weighted by molar-refractivity contribution is 0.0587. The molecule has 0 N–H and O–H groups in total. The highest BCUT2D eigenvalue weighted by Gasteiger charge is 2.39. The Morgan fingerprint density at radius 1 is 0.950 bits per heavy atom. The van der Waals surface area contributed by atoms with Gasteiger partial charge in [-0.2, -0.15) is 0 Å². The molecule has 0 spiro atoms. The molecule has 1 amide bonds. The number of fused-ring (bicyclic) bond motifs is 1. The lowest BCUT2D eigenvalue weighted by atomic mass is 9.91. The number of hydrogen-bond donors (Lipinski definition) is 0. The SMILES string of the molecule is CN=C(Cc1ccc(F)c(C(=O)N2CCC3C(CCN3Cc3ccc(OC)cc3)C2)c1)c1ccccc1C(C)=O. The summed E-state index contributed by atoms with van der Waals surface area (Å²) in [6, 6.07) is 20.7. The lowest BCUT2D eigenvalue weighted by Crippen LogP contribution is -2.48. The van der Waals surface area contributed by atoms with E-state index in [9.17, 15) is 14.0 Å². The van der Waals surface area contributed by atoms with Crippen LogP contribution in [0.3, 0.4) is 0 Å². The van der Waals surface area contributed by atoms with Gasteiger partial charge in [-0.3, -0.25) is 19.5 Å². The zero-order valence-corrected chi connectivity index (χ0v) is 23.4. The topological polar surface area (TPSA) is 62.2 Å². The number of carbonyl (C=O) groups is 2. The second-order valence-electron chi connectivity index (χ2n) is 10.7. The Hall–Kier alpha value is -3.84. The molecule has 2 fully saturated rings. The molecule has 6 nitrogen and oxygen atoms in total. The van der Waals surface area contributed by atoms with Gasteiger partial charge in [0.05, 0.1) is 12.7 Å². The maximum atomic E-state index is 15.0. The molecule has 0 aromatic heterocycles. The molecule has 2 aliphatic heterocycles. The number of hydrogen-bond acceptors (Lipinski definition) is 5.